The van der Waals surface area contributed by atoms with Gasteiger partial charge in [-0.25, -0.2) is 0 Å². The van der Waals surface area contributed by atoms with Gasteiger partial charge in [-0.3, -0.25) is 4.79 Å². The molecule has 4 heteroatoms. The van der Waals surface area contributed by atoms with Gasteiger partial charge in [0.15, 0.2) is 0 Å². The fraction of sp³-hybridized carbons (Fsp3) is 0.600. The van der Waals surface area contributed by atoms with Crippen LogP contribution in [0.15, 0.2) is 12.7 Å². The molecule has 0 saturated carbocycles. The third-order valence-corrected chi connectivity index (χ3v) is 1.77. The second-order valence-corrected chi connectivity index (χ2v) is 2.95. The molecule has 0 saturated heterocycles. The lowest BCUT2D eigenvalue weighted by Gasteiger charge is -2.13. The molecule has 0 aromatic carbocycles. The van der Waals surface area contributed by atoms with Gasteiger partial charge >= 0.3 is 0 Å². The van der Waals surface area contributed by atoms with Crippen LogP contribution in [0.4, 0.5) is 0 Å². The molecule has 14 heavy (non-hydrogen) atoms. The molecule has 0 aromatic heterocycles. The highest BCUT2D eigenvalue weighted by atomic mass is 16.1. The molecule has 0 rings (SSSR count). The Morgan fingerprint density at radius 3 is 2.93 bits per heavy atom. The summed E-state index contributed by atoms with van der Waals surface area (Å²) in [5, 5.41) is 14.1. The number of nitrogens with zero attached hydrogens (tertiary/aromatic N) is 1. The number of nitriles is 1. The summed E-state index contributed by atoms with van der Waals surface area (Å²) < 4.78 is 0. The van der Waals surface area contributed by atoms with Crippen molar-refractivity contribution < 1.29 is 4.79 Å². The highest BCUT2D eigenvalue weighted by molar-refractivity contribution is 5.78. The minimum Gasteiger partial charge on any atom is -0.351 e. The van der Waals surface area contributed by atoms with E-state index in [1.54, 1.807) is 6.08 Å². The van der Waals surface area contributed by atoms with E-state index in [-0.39, 0.29) is 18.5 Å². The van der Waals surface area contributed by atoms with Crippen LogP contribution in [0.25, 0.3) is 0 Å². The molecular formula is C10H17N3O. The van der Waals surface area contributed by atoms with Gasteiger partial charge in [0, 0.05) is 12.6 Å². The second kappa shape index (κ2) is 8.27. The van der Waals surface area contributed by atoms with Gasteiger partial charge in [0.2, 0.25) is 5.91 Å². The largest absolute Gasteiger partial charge is 0.351 e. The van der Waals surface area contributed by atoms with Crippen LogP contribution in [-0.2, 0) is 4.79 Å². The first-order valence-electron chi connectivity index (χ1n) is 4.72. The van der Waals surface area contributed by atoms with E-state index in [1.165, 1.54) is 0 Å². The maximum absolute atomic E-state index is 11.2. The second-order valence-electron chi connectivity index (χ2n) is 2.95. The van der Waals surface area contributed by atoms with Crippen LogP contribution in [0, 0.1) is 11.3 Å². The molecule has 0 radical (unpaired) electrons. The lowest BCUT2D eigenvalue weighted by atomic mass is 10.2. The molecule has 0 aliphatic heterocycles. The Balaban J connectivity index is 3.68. The summed E-state index contributed by atoms with van der Waals surface area (Å²) in [4.78, 5) is 11.2. The first-order chi connectivity index (χ1) is 6.74. The molecule has 78 valence electrons. The molecule has 1 amide bonds. The van der Waals surface area contributed by atoms with Crippen LogP contribution in [0.5, 0.6) is 0 Å². The summed E-state index contributed by atoms with van der Waals surface area (Å²) in [5.74, 6) is -0.0750. The van der Waals surface area contributed by atoms with Crippen molar-refractivity contribution in [2.24, 2.45) is 0 Å². The van der Waals surface area contributed by atoms with Crippen molar-refractivity contribution in [3.8, 4) is 6.07 Å². The van der Waals surface area contributed by atoms with Crippen molar-refractivity contribution in [2.45, 2.75) is 25.8 Å². The van der Waals surface area contributed by atoms with Crippen molar-refractivity contribution in [1.82, 2.24) is 10.6 Å². The summed E-state index contributed by atoms with van der Waals surface area (Å²) in [6.07, 6.45) is 2.84. The van der Waals surface area contributed by atoms with Gasteiger partial charge in [0.1, 0.15) is 0 Å². The Morgan fingerprint density at radius 1 is 1.71 bits per heavy atom. The lowest BCUT2D eigenvalue weighted by molar-refractivity contribution is -0.120. The van der Waals surface area contributed by atoms with Gasteiger partial charge in [-0.15, -0.1) is 6.58 Å². The number of hydrogen-bond acceptors (Lipinski definition) is 3. The molecule has 4 nitrogen and oxygen atoms in total. The standard InChI is InChI=1S/C10H17N3O/c1-3-7-12-8-10(14)13-9(4-2)5-6-11/h3,9,12H,1,4-5,7-8H2,2H3,(H,13,14). The minimum atomic E-state index is -0.0750. The number of carbonyl (C=O) groups excluding carboxylic acids is 1. The lowest BCUT2D eigenvalue weighted by Crippen LogP contribution is -2.40. The van der Waals surface area contributed by atoms with E-state index in [0.717, 1.165) is 6.42 Å². The maximum Gasteiger partial charge on any atom is 0.234 e. The van der Waals surface area contributed by atoms with Gasteiger partial charge in [-0.1, -0.05) is 13.0 Å². The number of carbonyl (C=O) groups is 1. The van der Waals surface area contributed by atoms with Crippen LogP contribution in [0.1, 0.15) is 19.8 Å². The Hall–Kier alpha value is -1.34. The maximum atomic E-state index is 11.2. The summed E-state index contributed by atoms with van der Waals surface area (Å²) >= 11 is 0. The molecule has 1 atom stereocenters. The average Bonchev–Trinajstić information content (AvgIpc) is 2.17. The van der Waals surface area contributed by atoms with Crippen molar-refractivity contribution in [2.75, 3.05) is 13.1 Å². The van der Waals surface area contributed by atoms with Crippen molar-refractivity contribution in [3.63, 3.8) is 0 Å². The zero-order valence-electron chi connectivity index (χ0n) is 8.55. The summed E-state index contributed by atoms with van der Waals surface area (Å²) in [6, 6.07) is 2.01. The Morgan fingerprint density at radius 2 is 2.43 bits per heavy atom. The van der Waals surface area contributed by atoms with Crippen molar-refractivity contribution in [1.29, 1.82) is 5.26 Å². The van der Waals surface area contributed by atoms with E-state index in [4.69, 9.17) is 5.26 Å². The highest BCUT2D eigenvalue weighted by Crippen LogP contribution is 1.94. The van der Waals surface area contributed by atoms with Crippen LogP contribution < -0.4 is 10.6 Å². The zero-order valence-corrected chi connectivity index (χ0v) is 8.55. The van der Waals surface area contributed by atoms with Gasteiger partial charge in [-0.2, -0.15) is 5.26 Å². The smallest absolute Gasteiger partial charge is 0.234 e. The molecule has 0 aliphatic rings. The fourth-order valence-corrected chi connectivity index (χ4v) is 0.974. The van der Waals surface area contributed by atoms with E-state index < -0.39 is 0 Å². The molecule has 0 aliphatic carbocycles. The molecule has 0 bridgehead atoms. The Bertz CT molecular complexity index is 220. The predicted octanol–water partition coefficient (Wildman–Crippen LogP) is 0.570. The highest BCUT2D eigenvalue weighted by Gasteiger charge is 2.08. The number of rotatable bonds is 7. The molecule has 0 heterocycles. The number of hydrogen-bond donors (Lipinski definition) is 2. The summed E-state index contributed by atoms with van der Waals surface area (Å²) in [6.45, 7) is 6.36. The Labute approximate surface area is 85.0 Å². The monoisotopic (exact) mass is 195 g/mol. The first kappa shape index (κ1) is 12.7. The van der Waals surface area contributed by atoms with Gasteiger partial charge < -0.3 is 10.6 Å². The van der Waals surface area contributed by atoms with Crippen LogP contribution in [0.3, 0.4) is 0 Å². The molecule has 0 fully saturated rings. The summed E-state index contributed by atoms with van der Waals surface area (Å²) in [7, 11) is 0. The number of amides is 1. The van der Waals surface area contributed by atoms with Crippen LogP contribution >= 0.6 is 0 Å². The SMILES string of the molecule is C=CCNCC(=O)NC(CC)CC#N. The predicted molar refractivity (Wildman–Crippen MR) is 55.5 cm³/mol. The van der Waals surface area contributed by atoms with E-state index in [9.17, 15) is 4.79 Å². The minimum absolute atomic E-state index is 0.0296. The normalized spacial score (nSPS) is 11.4. The van der Waals surface area contributed by atoms with Crippen LogP contribution in [-0.4, -0.2) is 25.0 Å². The van der Waals surface area contributed by atoms with Crippen molar-refractivity contribution >= 4 is 5.91 Å². The number of nitrogens with one attached hydrogen (secondary N) is 2. The van der Waals surface area contributed by atoms with E-state index >= 15 is 0 Å². The van der Waals surface area contributed by atoms with E-state index in [2.05, 4.69) is 17.2 Å². The molecular weight excluding hydrogens is 178 g/mol. The molecule has 1 unspecified atom stereocenters. The Kier molecular flexibility index (Phi) is 7.48. The molecule has 0 spiro atoms. The molecule has 2 N–H and O–H groups in total. The zero-order chi connectivity index (χ0) is 10.8. The van der Waals surface area contributed by atoms with Gasteiger partial charge in [-0.05, 0) is 6.42 Å². The van der Waals surface area contributed by atoms with E-state index in [1.807, 2.05) is 13.0 Å². The fourth-order valence-electron chi connectivity index (χ4n) is 0.974. The van der Waals surface area contributed by atoms with Gasteiger partial charge in [0.25, 0.3) is 0 Å². The third kappa shape index (κ3) is 6.21. The quantitative estimate of drug-likeness (QED) is 0.461. The van der Waals surface area contributed by atoms with Gasteiger partial charge in [0.05, 0.1) is 19.0 Å². The van der Waals surface area contributed by atoms with E-state index in [0.29, 0.717) is 13.0 Å². The van der Waals surface area contributed by atoms with Crippen molar-refractivity contribution in [3.05, 3.63) is 12.7 Å². The average molecular weight is 195 g/mol. The first-order valence-corrected chi connectivity index (χ1v) is 4.72. The molecule has 0 aromatic rings. The third-order valence-electron chi connectivity index (χ3n) is 1.77. The summed E-state index contributed by atoms with van der Waals surface area (Å²) in [5.41, 5.74) is 0. The topological polar surface area (TPSA) is 64.9 Å². The van der Waals surface area contributed by atoms with Crippen LogP contribution in [0.2, 0.25) is 0 Å².